The molecule has 1 aromatic rings. The van der Waals surface area contributed by atoms with Gasteiger partial charge in [-0.3, -0.25) is 14.6 Å². The molecular weight excluding hydrogens is 234 g/mol. The quantitative estimate of drug-likeness (QED) is 0.758. The second-order valence-corrected chi connectivity index (χ2v) is 4.75. The summed E-state index contributed by atoms with van der Waals surface area (Å²) in [6.45, 7) is 0. The molecule has 0 atom stereocenters. The molecule has 0 unspecified atom stereocenters. The Morgan fingerprint density at radius 2 is 1.39 bits per heavy atom. The Bertz CT molecular complexity index is 450. The zero-order valence-electron chi connectivity index (χ0n) is 9.80. The van der Waals surface area contributed by atoms with Gasteiger partial charge in [0.1, 0.15) is 0 Å². The molecule has 0 aliphatic heterocycles. The van der Waals surface area contributed by atoms with Crippen molar-refractivity contribution in [2.45, 2.75) is 25.7 Å². The van der Waals surface area contributed by atoms with Crippen LogP contribution in [-0.4, -0.2) is 16.9 Å². The van der Waals surface area contributed by atoms with Crippen molar-refractivity contribution < 1.29 is 19.1 Å². The maximum Gasteiger partial charge on any atom is 0.314 e. The van der Waals surface area contributed by atoms with Crippen molar-refractivity contribution >= 4 is 11.9 Å². The van der Waals surface area contributed by atoms with Crippen LogP contribution >= 0.6 is 0 Å². The summed E-state index contributed by atoms with van der Waals surface area (Å²) in [6, 6.07) is 1.52. The number of rotatable bonds is 4. The average Bonchev–Trinajstić information content (AvgIpc) is 3.19. The fraction of sp³-hybridized carbons (Fsp3) is 0.462. The molecule has 0 N–H and O–H groups in total. The van der Waals surface area contributed by atoms with Crippen molar-refractivity contribution in [3.63, 3.8) is 0 Å². The SMILES string of the molecule is O=C(Oc1cncc(OC(=O)C2CC2)c1)C1CC1. The normalized spacial score (nSPS) is 18.2. The molecule has 2 aliphatic carbocycles. The first kappa shape index (κ1) is 11.2. The maximum atomic E-state index is 11.5. The lowest BCUT2D eigenvalue weighted by molar-refractivity contribution is -0.136. The number of hydrogen-bond acceptors (Lipinski definition) is 5. The van der Waals surface area contributed by atoms with Gasteiger partial charge in [-0.1, -0.05) is 0 Å². The molecule has 0 amide bonds. The number of esters is 2. The van der Waals surface area contributed by atoms with Crippen LogP contribution in [-0.2, 0) is 9.59 Å². The number of carbonyl (C=O) groups excluding carboxylic acids is 2. The molecule has 2 saturated carbocycles. The first-order valence-electron chi connectivity index (χ1n) is 6.11. The maximum absolute atomic E-state index is 11.5. The van der Waals surface area contributed by atoms with Gasteiger partial charge in [-0.2, -0.15) is 0 Å². The Kier molecular flexibility index (Phi) is 2.74. The summed E-state index contributed by atoms with van der Waals surface area (Å²) in [6.07, 6.45) is 6.44. The number of pyridine rings is 1. The number of ether oxygens (including phenoxy) is 2. The van der Waals surface area contributed by atoms with Crippen LogP contribution in [0, 0.1) is 11.8 Å². The topological polar surface area (TPSA) is 65.5 Å². The smallest absolute Gasteiger partial charge is 0.314 e. The van der Waals surface area contributed by atoms with Crippen LogP contribution in [0.1, 0.15) is 25.7 Å². The van der Waals surface area contributed by atoms with E-state index in [1.165, 1.54) is 18.5 Å². The van der Waals surface area contributed by atoms with Crippen LogP contribution in [0.25, 0.3) is 0 Å². The number of nitrogens with zero attached hydrogens (tertiary/aromatic N) is 1. The molecule has 0 saturated heterocycles. The van der Waals surface area contributed by atoms with Gasteiger partial charge in [0.2, 0.25) is 0 Å². The van der Waals surface area contributed by atoms with E-state index >= 15 is 0 Å². The van der Waals surface area contributed by atoms with E-state index in [1.54, 1.807) is 0 Å². The second-order valence-electron chi connectivity index (χ2n) is 4.75. The Morgan fingerprint density at radius 3 is 1.78 bits per heavy atom. The zero-order valence-corrected chi connectivity index (χ0v) is 9.80. The molecule has 0 radical (unpaired) electrons. The summed E-state index contributed by atoms with van der Waals surface area (Å²) in [5.41, 5.74) is 0. The molecule has 3 rings (SSSR count). The van der Waals surface area contributed by atoms with Crippen LogP contribution < -0.4 is 9.47 Å². The van der Waals surface area contributed by atoms with Crippen LogP contribution in [0.4, 0.5) is 0 Å². The number of hydrogen-bond donors (Lipinski definition) is 0. The highest BCUT2D eigenvalue weighted by molar-refractivity contribution is 5.78. The molecular formula is C13H13NO4. The lowest BCUT2D eigenvalue weighted by Gasteiger charge is -2.06. The molecule has 2 fully saturated rings. The highest BCUT2D eigenvalue weighted by Gasteiger charge is 2.33. The van der Waals surface area contributed by atoms with Crippen LogP contribution in [0.15, 0.2) is 18.5 Å². The summed E-state index contributed by atoms with van der Waals surface area (Å²) < 4.78 is 10.3. The predicted octanol–water partition coefficient (Wildman–Crippen LogP) is 1.71. The summed E-state index contributed by atoms with van der Waals surface area (Å²) in [7, 11) is 0. The third-order valence-corrected chi connectivity index (χ3v) is 2.95. The van der Waals surface area contributed by atoms with E-state index in [-0.39, 0.29) is 23.8 Å². The molecule has 2 aliphatic rings. The van der Waals surface area contributed by atoms with Gasteiger partial charge < -0.3 is 9.47 Å². The van der Waals surface area contributed by atoms with Gasteiger partial charge in [-0.25, -0.2) is 0 Å². The highest BCUT2D eigenvalue weighted by Crippen LogP contribution is 2.32. The van der Waals surface area contributed by atoms with Gasteiger partial charge in [0.15, 0.2) is 11.5 Å². The summed E-state index contributed by atoms with van der Waals surface area (Å²) in [5.74, 6) is 0.247. The van der Waals surface area contributed by atoms with E-state index in [4.69, 9.17) is 9.47 Å². The zero-order chi connectivity index (χ0) is 12.5. The highest BCUT2D eigenvalue weighted by atomic mass is 16.5. The van der Waals surface area contributed by atoms with E-state index in [0.29, 0.717) is 11.5 Å². The summed E-state index contributed by atoms with van der Waals surface area (Å²) in [5, 5.41) is 0. The molecule has 1 heterocycles. The Morgan fingerprint density at radius 1 is 0.944 bits per heavy atom. The molecule has 0 bridgehead atoms. The largest absolute Gasteiger partial charge is 0.425 e. The molecule has 5 heteroatoms. The minimum atomic E-state index is -0.234. The van der Waals surface area contributed by atoms with Crippen molar-refractivity contribution in [2.75, 3.05) is 0 Å². The average molecular weight is 247 g/mol. The van der Waals surface area contributed by atoms with E-state index in [2.05, 4.69) is 4.98 Å². The second kappa shape index (κ2) is 4.40. The van der Waals surface area contributed by atoms with Gasteiger partial charge in [0.05, 0.1) is 24.2 Å². The van der Waals surface area contributed by atoms with E-state index < -0.39 is 0 Å². The first-order valence-corrected chi connectivity index (χ1v) is 6.11. The lowest BCUT2D eigenvalue weighted by atomic mass is 10.4. The Hall–Kier alpha value is -1.91. The van der Waals surface area contributed by atoms with Gasteiger partial charge >= 0.3 is 11.9 Å². The Balaban J connectivity index is 1.63. The fourth-order valence-corrected chi connectivity index (χ4v) is 1.55. The summed E-state index contributed by atoms with van der Waals surface area (Å²) in [4.78, 5) is 26.8. The van der Waals surface area contributed by atoms with Crippen molar-refractivity contribution in [1.29, 1.82) is 0 Å². The van der Waals surface area contributed by atoms with Gasteiger partial charge in [-0.15, -0.1) is 0 Å². The third kappa shape index (κ3) is 2.67. The van der Waals surface area contributed by atoms with E-state index in [9.17, 15) is 9.59 Å². The van der Waals surface area contributed by atoms with Crippen molar-refractivity contribution in [3.8, 4) is 11.5 Å². The monoisotopic (exact) mass is 247 g/mol. The van der Waals surface area contributed by atoms with Crippen LogP contribution in [0.3, 0.4) is 0 Å². The standard InChI is InChI=1S/C13H13NO4/c15-12(8-1-2-8)17-10-5-11(7-14-6-10)18-13(16)9-3-4-9/h5-9H,1-4H2. The fourth-order valence-electron chi connectivity index (χ4n) is 1.55. The summed E-state index contributed by atoms with van der Waals surface area (Å²) >= 11 is 0. The van der Waals surface area contributed by atoms with Crippen LogP contribution in [0.2, 0.25) is 0 Å². The molecule has 0 spiro atoms. The van der Waals surface area contributed by atoms with Crippen molar-refractivity contribution in [2.24, 2.45) is 11.8 Å². The minimum absolute atomic E-state index is 0.0303. The third-order valence-electron chi connectivity index (χ3n) is 2.95. The van der Waals surface area contributed by atoms with Gasteiger partial charge in [0.25, 0.3) is 0 Å². The molecule has 0 aromatic carbocycles. The molecule has 5 nitrogen and oxygen atoms in total. The van der Waals surface area contributed by atoms with E-state index in [0.717, 1.165) is 25.7 Å². The molecule has 18 heavy (non-hydrogen) atoms. The van der Waals surface area contributed by atoms with Crippen LogP contribution in [0.5, 0.6) is 11.5 Å². The van der Waals surface area contributed by atoms with E-state index in [1.807, 2.05) is 0 Å². The lowest BCUT2D eigenvalue weighted by Crippen LogP contribution is -2.12. The minimum Gasteiger partial charge on any atom is -0.425 e. The number of aromatic nitrogens is 1. The van der Waals surface area contributed by atoms with Crippen molar-refractivity contribution in [1.82, 2.24) is 4.98 Å². The first-order chi connectivity index (χ1) is 8.72. The Labute approximate surface area is 104 Å². The number of carbonyl (C=O) groups is 2. The molecule has 1 aromatic heterocycles. The molecule has 94 valence electrons. The van der Waals surface area contributed by atoms with Gasteiger partial charge in [0, 0.05) is 6.07 Å². The van der Waals surface area contributed by atoms with Gasteiger partial charge in [-0.05, 0) is 25.7 Å². The predicted molar refractivity (Wildman–Crippen MR) is 61.0 cm³/mol. The van der Waals surface area contributed by atoms with Crippen molar-refractivity contribution in [3.05, 3.63) is 18.5 Å².